The first kappa shape index (κ1) is 12.9. The third-order valence-electron chi connectivity index (χ3n) is 2.55. The maximum absolute atomic E-state index is 13.7. The van der Waals surface area contributed by atoms with E-state index in [1.807, 2.05) is 6.07 Å². The number of benzene rings is 1. The summed E-state index contributed by atoms with van der Waals surface area (Å²) in [4.78, 5) is 9.47. The standard InChI is InChI=1S/C13H10F2N4/c1-8-17-10(7-16)6-13(18-8)19(2)12-4-3-9(14)5-11(12)15/h3-6H,1-2H3. The highest BCUT2D eigenvalue weighted by Crippen LogP contribution is 2.25. The number of anilines is 2. The average Bonchev–Trinajstić information content (AvgIpc) is 2.37. The van der Waals surface area contributed by atoms with Crippen LogP contribution in [0.25, 0.3) is 0 Å². The molecule has 1 aromatic heterocycles. The van der Waals surface area contributed by atoms with E-state index in [1.165, 1.54) is 17.0 Å². The highest BCUT2D eigenvalue weighted by Gasteiger charge is 2.13. The predicted octanol–water partition coefficient (Wildman–Crippen LogP) is 2.70. The van der Waals surface area contributed by atoms with E-state index in [-0.39, 0.29) is 11.4 Å². The van der Waals surface area contributed by atoms with Gasteiger partial charge in [-0.15, -0.1) is 0 Å². The van der Waals surface area contributed by atoms with Crippen molar-refractivity contribution in [2.24, 2.45) is 0 Å². The van der Waals surface area contributed by atoms with Crippen LogP contribution in [0, 0.1) is 29.9 Å². The molecule has 0 aliphatic rings. The average molecular weight is 260 g/mol. The highest BCUT2D eigenvalue weighted by molar-refractivity contribution is 5.60. The molecule has 6 heteroatoms. The second kappa shape index (κ2) is 4.98. The van der Waals surface area contributed by atoms with Crippen LogP contribution in [0.15, 0.2) is 24.3 Å². The van der Waals surface area contributed by atoms with Crippen LogP contribution in [0.5, 0.6) is 0 Å². The van der Waals surface area contributed by atoms with Crippen molar-refractivity contribution in [3.8, 4) is 6.07 Å². The topological polar surface area (TPSA) is 52.8 Å². The Balaban J connectivity index is 2.47. The predicted molar refractivity (Wildman–Crippen MR) is 65.9 cm³/mol. The van der Waals surface area contributed by atoms with E-state index >= 15 is 0 Å². The molecule has 2 rings (SSSR count). The number of hydrogen-bond donors (Lipinski definition) is 0. The highest BCUT2D eigenvalue weighted by atomic mass is 19.1. The Morgan fingerprint density at radius 3 is 2.58 bits per heavy atom. The lowest BCUT2D eigenvalue weighted by Crippen LogP contribution is -2.14. The lowest BCUT2D eigenvalue weighted by atomic mass is 10.2. The summed E-state index contributed by atoms with van der Waals surface area (Å²) >= 11 is 0. The summed E-state index contributed by atoms with van der Waals surface area (Å²) in [7, 11) is 1.58. The summed E-state index contributed by atoms with van der Waals surface area (Å²) in [6.07, 6.45) is 0. The van der Waals surface area contributed by atoms with Crippen LogP contribution in [-0.2, 0) is 0 Å². The van der Waals surface area contributed by atoms with Crippen LogP contribution < -0.4 is 4.90 Å². The molecule has 0 fully saturated rings. The van der Waals surface area contributed by atoms with Crippen LogP contribution >= 0.6 is 0 Å². The quantitative estimate of drug-likeness (QED) is 0.833. The molecule has 0 aliphatic carbocycles. The lowest BCUT2D eigenvalue weighted by Gasteiger charge is -2.19. The van der Waals surface area contributed by atoms with E-state index in [4.69, 9.17) is 5.26 Å². The van der Waals surface area contributed by atoms with E-state index in [1.54, 1.807) is 14.0 Å². The second-order valence-corrected chi connectivity index (χ2v) is 3.93. The molecule has 2 aromatic rings. The van der Waals surface area contributed by atoms with Crippen molar-refractivity contribution in [2.75, 3.05) is 11.9 Å². The summed E-state index contributed by atoms with van der Waals surface area (Å²) in [6.45, 7) is 1.64. The molecule has 0 saturated heterocycles. The maximum atomic E-state index is 13.7. The van der Waals surface area contributed by atoms with Crippen molar-refractivity contribution in [3.05, 3.63) is 47.4 Å². The number of rotatable bonds is 2. The zero-order valence-electron chi connectivity index (χ0n) is 10.4. The molecule has 0 amide bonds. The zero-order chi connectivity index (χ0) is 14.0. The fraction of sp³-hybridized carbons (Fsp3) is 0.154. The minimum absolute atomic E-state index is 0.170. The number of nitrogens with zero attached hydrogens (tertiary/aromatic N) is 4. The van der Waals surface area contributed by atoms with Gasteiger partial charge < -0.3 is 4.90 Å². The molecule has 0 radical (unpaired) electrons. The number of aromatic nitrogens is 2. The smallest absolute Gasteiger partial charge is 0.149 e. The Kier molecular flexibility index (Phi) is 3.38. The van der Waals surface area contributed by atoms with Gasteiger partial charge in [-0.2, -0.15) is 5.26 Å². The van der Waals surface area contributed by atoms with Crippen molar-refractivity contribution in [1.82, 2.24) is 9.97 Å². The minimum Gasteiger partial charge on any atom is -0.327 e. The Bertz CT molecular complexity index is 664. The van der Waals surface area contributed by atoms with Gasteiger partial charge in [0.1, 0.15) is 35.0 Å². The molecule has 0 unspecified atom stereocenters. The third kappa shape index (κ3) is 2.65. The molecule has 0 spiro atoms. The van der Waals surface area contributed by atoms with E-state index in [2.05, 4.69) is 9.97 Å². The first-order valence-electron chi connectivity index (χ1n) is 5.46. The minimum atomic E-state index is -0.697. The van der Waals surface area contributed by atoms with Crippen LogP contribution in [0.4, 0.5) is 20.3 Å². The van der Waals surface area contributed by atoms with Gasteiger partial charge in [-0.3, -0.25) is 0 Å². The second-order valence-electron chi connectivity index (χ2n) is 3.93. The lowest BCUT2D eigenvalue weighted by molar-refractivity contribution is 0.583. The van der Waals surface area contributed by atoms with Gasteiger partial charge in [0, 0.05) is 19.2 Å². The number of nitriles is 1. The van der Waals surface area contributed by atoms with Gasteiger partial charge in [0.2, 0.25) is 0 Å². The van der Waals surface area contributed by atoms with Crippen LogP contribution in [-0.4, -0.2) is 17.0 Å². The first-order chi connectivity index (χ1) is 9.01. The first-order valence-corrected chi connectivity index (χ1v) is 5.46. The van der Waals surface area contributed by atoms with Gasteiger partial charge in [-0.25, -0.2) is 18.7 Å². The monoisotopic (exact) mass is 260 g/mol. The molecule has 0 bridgehead atoms. The summed E-state index contributed by atoms with van der Waals surface area (Å²) in [5, 5.41) is 8.85. The van der Waals surface area contributed by atoms with Gasteiger partial charge in [-0.05, 0) is 19.1 Å². The number of halogens is 2. The molecule has 1 aromatic carbocycles. The molecule has 96 valence electrons. The molecule has 19 heavy (non-hydrogen) atoms. The van der Waals surface area contributed by atoms with Crippen molar-refractivity contribution in [1.29, 1.82) is 5.26 Å². The Labute approximate surface area is 109 Å². The summed E-state index contributed by atoms with van der Waals surface area (Å²) < 4.78 is 26.5. The number of aryl methyl sites for hydroxylation is 1. The maximum Gasteiger partial charge on any atom is 0.149 e. The Morgan fingerprint density at radius 1 is 1.21 bits per heavy atom. The van der Waals surface area contributed by atoms with Crippen molar-refractivity contribution < 1.29 is 8.78 Å². The summed E-state index contributed by atoms with van der Waals surface area (Å²) in [5.74, 6) is -0.568. The van der Waals surface area contributed by atoms with Gasteiger partial charge in [0.15, 0.2) is 0 Å². The SMILES string of the molecule is Cc1nc(C#N)cc(N(C)c2ccc(F)cc2F)n1. The van der Waals surface area contributed by atoms with Crippen LogP contribution in [0.3, 0.4) is 0 Å². The Morgan fingerprint density at radius 2 is 1.95 bits per heavy atom. The van der Waals surface area contributed by atoms with Crippen molar-refractivity contribution in [2.45, 2.75) is 6.92 Å². The molecule has 4 nitrogen and oxygen atoms in total. The molecule has 0 aliphatic heterocycles. The van der Waals surface area contributed by atoms with Crippen LogP contribution in [0.1, 0.15) is 11.5 Å². The normalized spacial score (nSPS) is 10.1. The van der Waals surface area contributed by atoms with Crippen LogP contribution in [0.2, 0.25) is 0 Å². The van der Waals surface area contributed by atoms with Gasteiger partial charge in [0.25, 0.3) is 0 Å². The van der Waals surface area contributed by atoms with E-state index in [0.29, 0.717) is 11.6 Å². The molecular formula is C13H10F2N4. The van der Waals surface area contributed by atoms with E-state index in [0.717, 1.165) is 12.1 Å². The summed E-state index contributed by atoms with van der Waals surface area (Å²) in [6, 6.07) is 6.62. The summed E-state index contributed by atoms with van der Waals surface area (Å²) in [5.41, 5.74) is 0.361. The third-order valence-corrected chi connectivity index (χ3v) is 2.55. The zero-order valence-corrected chi connectivity index (χ0v) is 10.4. The largest absolute Gasteiger partial charge is 0.327 e. The fourth-order valence-corrected chi connectivity index (χ4v) is 1.66. The molecule has 0 N–H and O–H groups in total. The Hall–Kier alpha value is -2.55. The molecule has 0 saturated carbocycles. The van der Waals surface area contributed by atoms with Gasteiger partial charge >= 0.3 is 0 Å². The molecular weight excluding hydrogens is 250 g/mol. The van der Waals surface area contributed by atoms with E-state index in [9.17, 15) is 8.78 Å². The van der Waals surface area contributed by atoms with E-state index < -0.39 is 11.6 Å². The van der Waals surface area contributed by atoms with Crippen molar-refractivity contribution in [3.63, 3.8) is 0 Å². The number of hydrogen-bond acceptors (Lipinski definition) is 4. The fourth-order valence-electron chi connectivity index (χ4n) is 1.66. The van der Waals surface area contributed by atoms with Gasteiger partial charge in [-0.1, -0.05) is 0 Å². The van der Waals surface area contributed by atoms with Crippen molar-refractivity contribution >= 4 is 11.5 Å². The van der Waals surface area contributed by atoms with Gasteiger partial charge in [0.05, 0.1) is 5.69 Å². The molecule has 0 atom stereocenters. The molecule has 1 heterocycles.